The van der Waals surface area contributed by atoms with E-state index in [9.17, 15) is 28.6 Å². The number of hydrogen-bond donors (Lipinski definition) is 3. The van der Waals surface area contributed by atoms with E-state index in [1.54, 1.807) is 13.8 Å². The molecule has 0 saturated carbocycles. The second kappa shape index (κ2) is 17.7. The van der Waals surface area contributed by atoms with Crippen LogP contribution in [0.2, 0.25) is 5.02 Å². The Morgan fingerprint density at radius 3 is 2.38 bits per heavy atom. The van der Waals surface area contributed by atoms with Gasteiger partial charge in [0.05, 0.1) is 12.7 Å². The number of esters is 1. The molecule has 0 radical (unpaired) electrons. The predicted molar refractivity (Wildman–Crippen MR) is 176 cm³/mol. The highest BCUT2D eigenvalue weighted by Gasteiger charge is 2.45. The van der Waals surface area contributed by atoms with E-state index in [1.165, 1.54) is 61.7 Å². The zero-order valence-electron chi connectivity index (χ0n) is 27.7. The van der Waals surface area contributed by atoms with Crippen LogP contribution in [0.15, 0.2) is 35.4 Å². The fourth-order valence-electron chi connectivity index (χ4n) is 4.40. The third-order valence-electron chi connectivity index (χ3n) is 7.11. The van der Waals surface area contributed by atoms with Gasteiger partial charge in [0, 0.05) is 23.8 Å². The second-order valence-electron chi connectivity index (χ2n) is 11.0. The van der Waals surface area contributed by atoms with Gasteiger partial charge in [0.15, 0.2) is 17.3 Å². The number of nitrogens with zero attached hydrogens (tertiary/aromatic N) is 4. The Morgan fingerprint density at radius 1 is 1.17 bits per heavy atom. The van der Waals surface area contributed by atoms with Crippen LogP contribution in [0, 0.1) is 5.92 Å². The van der Waals surface area contributed by atoms with Gasteiger partial charge in [0.2, 0.25) is 18.1 Å². The summed E-state index contributed by atoms with van der Waals surface area (Å²) in [5.74, 6) is -1.92. The molecule has 0 spiro atoms. The van der Waals surface area contributed by atoms with Crippen LogP contribution in [0.1, 0.15) is 67.0 Å². The number of imidazole rings is 1. The normalized spacial score (nSPS) is 18.7. The van der Waals surface area contributed by atoms with Gasteiger partial charge in [-0.05, 0) is 50.8 Å². The van der Waals surface area contributed by atoms with E-state index in [-0.39, 0.29) is 59.7 Å². The second-order valence-corrected chi connectivity index (χ2v) is 12.8. The Kier molecular flexibility index (Phi) is 14.3. The number of fused-ring (bicyclic) bond motifs is 1. The quantitative estimate of drug-likeness (QED) is 0.156. The number of Topliss-reactive ketones (excluding diaryl/α,β-unsaturated/α-hetero) is 1. The third-order valence-corrected chi connectivity index (χ3v) is 8.28. The van der Waals surface area contributed by atoms with Crippen LogP contribution in [0.4, 0.5) is 5.95 Å². The van der Waals surface area contributed by atoms with Crippen molar-refractivity contribution in [3.63, 3.8) is 0 Å². The molecule has 264 valence electrons. The summed E-state index contributed by atoms with van der Waals surface area (Å²) in [7, 11) is -4.84. The molecule has 3 aromatic rings. The first-order valence-electron chi connectivity index (χ1n) is 15.5. The predicted octanol–water partition coefficient (Wildman–Crippen LogP) is 4.44. The van der Waals surface area contributed by atoms with Gasteiger partial charge in [0.1, 0.15) is 17.8 Å². The summed E-state index contributed by atoms with van der Waals surface area (Å²) in [4.78, 5) is 72.0. The van der Waals surface area contributed by atoms with Crippen LogP contribution < -0.4 is 15.4 Å². The number of hydrogen-bond acceptors (Lipinski definition) is 12. The standard InChI is InChI=1S/C24H27ClN5O10P.C6H15N/c1-12(2)21(33)28-24-27-20-19(22(34)29-24)26-11-30(20)17-10-16(37-18(32)9-4-13(3)31)23(38-17)40-41(35,36)39-15-7-5-14(25)6-8-15;1-4-7(5-2)6-3/h5-8,11-12,16-17,23H,4,9-10H2,1-3H3,(H,35,36)(H2,27,28,29,33,34);4-6H2,1-3H3. The maximum Gasteiger partial charge on any atom is 0.529 e. The smallest absolute Gasteiger partial charge is 0.457 e. The molecule has 48 heavy (non-hydrogen) atoms. The van der Waals surface area contributed by atoms with Crippen LogP contribution in [0.3, 0.4) is 0 Å². The van der Waals surface area contributed by atoms with Gasteiger partial charge in [-0.25, -0.2) is 14.1 Å². The molecule has 1 saturated heterocycles. The minimum atomic E-state index is -4.84. The monoisotopic (exact) mass is 712 g/mol. The average Bonchev–Trinajstić information content (AvgIpc) is 3.62. The minimum Gasteiger partial charge on any atom is -0.457 e. The number of amides is 1. The summed E-state index contributed by atoms with van der Waals surface area (Å²) >= 11 is 5.83. The summed E-state index contributed by atoms with van der Waals surface area (Å²) < 4.78 is 35.7. The number of halogens is 1. The van der Waals surface area contributed by atoms with Crippen molar-refractivity contribution in [1.29, 1.82) is 0 Å². The molecule has 18 heteroatoms. The van der Waals surface area contributed by atoms with Gasteiger partial charge < -0.3 is 23.7 Å². The molecule has 0 bridgehead atoms. The zero-order chi connectivity index (χ0) is 35.6. The molecule has 3 N–H and O–H groups in total. The lowest BCUT2D eigenvalue weighted by Gasteiger charge is -2.21. The number of aromatic nitrogens is 4. The van der Waals surface area contributed by atoms with E-state index in [4.69, 9.17) is 30.1 Å². The Morgan fingerprint density at radius 2 is 1.81 bits per heavy atom. The third kappa shape index (κ3) is 11.2. The number of anilines is 1. The Labute approximate surface area is 282 Å². The number of rotatable bonds is 14. The first-order chi connectivity index (χ1) is 22.7. The van der Waals surface area contributed by atoms with Crippen molar-refractivity contribution >= 4 is 54.2 Å². The van der Waals surface area contributed by atoms with Crippen molar-refractivity contribution < 1.29 is 42.4 Å². The lowest BCUT2D eigenvalue weighted by Crippen LogP contribution is -2.29. The highest BCUT2D eigenvalue weighted by molar-refractivity contribution is 7.47. The summed E-state index contributed by atoms with van der Waals surface area (Å²) in [6, 6.07) is 5.58. The molecule has 1 aromatic carbocycles. The maximum atomic E-state index is 12.8. The molecule has 1 amide bonds. The fraction of sp³-hybridized carbons (Fsp3) is 0.533. The van der Waals surface area contributed by atoms with Crippen molar-refractivity contribution in [3.05, 3.63) is 46.0 Å². The number of aromatic amines is 1. The highest BCUT2D eigenvalue weighted by atomic mass is 35.5. The molecule has 0 aliphatic carbocycles. The molecule has 4 unspecified atom stereocenters. The summed E-state index contributed by atoms with van der Waals surface area (Å²) in [6.07, 6.45) is -3.06. The van der Waals surface area contributed by atoms with Crippen molar-refractivity contribution in [1.82, 2.24) is 24.4 Å². The van der Waals surface area contributed by atoms with Crippen molar-refractivity contribution in [2.24, 2.45) is 5.92 Å². The molecule has 1 aliphatic heterocycles. The van der Waals surface area contributed by atoms with Gasteiger partial charge in [-0.3, -0.25) is 34.1 Å². The summed E-state index contributed by atoms with van der Waals surface area (Å²) in [5, 5.41) is 2.88. The molecule has 1 fully saturated rings. The van der Waals surface area contributed by atoms with Gasteiger partial charge in [-0.2, -0.15) is 4.98 Å². The lowest BCUT2D eigenvalue weighted by molar-refractivity contribution is -0.169. The van der Waals surface area contributed by atoms with E-state index in [1.807, 2.05) is 0 Å². The molecular formula is C30H42ClN6O10P. The van der Waals surface area contributed by atoms with Crippen molar-refractivity contribution in [2.45, 2.75) is 79.4 Å². The summed E-state index contributed by atoms with van der Waals surface area (Å²) in [5.41, 5.74) is -0.693. The number of carbonyl (C=O) groups excluding carboxylic acids is 3. The van der Waals surface area contributed by atoms with Gasteiger partial charge in [0.25, 0.3) is 5.56 Å². The Balaban J connectivity index is 0.000000804. The first-order valence-corrected chi connectivity index (χ1v) is 17.3. The minimum absolute atomic E-state index is 0.0182. The lowest BCUT2D eigenvalue weighted by atomic mass is 10.2. The van der Waals surface area contributed by atoms with E-state index in [0.29, 0.717) is 5.02 Å². The SMILES string of the molecule is CC(=O)CCC(=O)OC1CC(n2cnc3c(=O)[nH]c(NC(=O)C(C)C)nc32)OC1OP(=O)(O)Oc1ccc(Cl)cc1.CCN(CC)CC. The first kappa shape index (κ1) is 38.8. The van der Waals surface area contributed by atoms with E-state index < -0.39 is 38.0 Å². The molecule has 4 rings (SSSR count). The van der Waals surface area contributed by atoms with Crippen LogP contribution in [0.5, 0.6) is 5.75 Å². The molecule has 1 aliphatic rings. The number of phosphoric acid groups is 1. The van der Waals surface area contributed by atoms with Crippen molar-refractivity contribution in [2.75, 3.05) is 25.0 Å². The Bertz CT molecular complexity index is 1650. The largest absolute Gasteiger partial charge is 0.529 e. The van der Waals surface area contributed by atoms with Gasteiger partial charge >= 0.3 is 13.8 Å². The summed E-state index contributed by atoms with van der Waals surface area (Å²) in [6.45, 7) is 14.8. The van der Waals surface area contributed by atoms with Crippen LogP contribution in [0.25, 0.3) is 11.2 Å². The van der Waals surface area contributed by atoms with E-state index >= 15 is 0 Å². The van der Waals surface area contributed by atoms with Gasteiger partial charge in [-0.1, -0.05) is 46.2 Å². The van der Waals surface area contributed by atoms with E-state index in [2.05, 4.69) is 45.9 Å². The van der Waals surface area contributed by atoms with Crippen LogP contribution in [-0.2, 0) is 32.9 Å². The molecule has 4 atom stereocenters. The number of phosphoric ester groups is 1. The number of ether oxygens (including phenoxy) is 2. The molecular weight excluding hydrogens is 671 g/mol. The Hall–Kier alpha value is -3.66. The molecule has 2 aromatic heterocycles. The van der Waals surface area contributed by atoms with Crippen molar-refractivity contribution in [3.8, 4) is 5.75 Å². The average molecular weight is 713 g/mol. The number of nitrogens with one attached hydrogen (secondary N) is 2. The van der Waals surface area contributed by atoms with E-state index in [0.717, 1.165) is 0 Å². The number of carbonyl (C=O) groups is 3. The molecule has 3 heterocycles. The number of benzene rings is 1. The fourth-order valence-corrected chi connectivity index (χ4v) is 5.40. The number of ketones is 1. The molecule has 16 nitrogen and oxygen atoms in total. The van der Waals surface area contributed by atoms with Gasteiger partial charge in [-0.15, -0.1) is 0 Å². The van der Waals surface area contributed by atoms with Crippen LogP contribution >= 0.6 is 19.4 Å². The zero-order valence-corrected chi connectivity index (χ0v) is 29.3. The highest BCUT2D eigenvalue weighted by Crippen LogP contribution is 2.48. The topological polar surface area (TPSA) is 204 Å². The number of H-pyrrole nitrogens is 1. The maximum absolute atomic E-state index is 12.8. The van der Waals surface area contributed by atoms with Crippen LogP contribution in [-0.4, -0.2) is 79.0 Å².